The quantitative estimate of drug-likeness (QED) is 0.760. The summed E-state index contributed by atoms with van der Waals surface area (Å²) in [5.74, 6) is -0.624. The van der Waals surface area contributed by atoms with Crippen LogP contribution in [0.2, 0.25) is 0 Å². The molecule has 1 atom stereocenters. The first-order valence-electron chi connectivity index (χ1n) is 6.09. The highest BCUT2D eigenvalue weighted by atomic mass is 16.4. The Balaban J connectivity index is 1.94. The van der Waals surface area contributed by atoms with Gasteiger partial charge in [0.15, 0.2) is 0 Å². The lowest BCUT2D eigenvalue weighted by atomic mass is 9.90. The Morgan fingerprint density at radius 1 is 1.33 bits per heavy atom. The molecule has 0 aromatic carbocycles. The van der Waals surface area contributed by atoms with Crippen LogP contribution in [0.25, 0.3) is 0 Å². The molecule has 1 aliphatic heterocycles. The summed E-state index contributed by atoms with van der Waals surface area (Å²) in [6, 6.07) is 0.667. The average Bonchev–Trinajstić information content (AvgIpc) is 2.64. The highest BCUT2D eigenvalue weighted by Gasteiger charge is 2.42. The van der Waals surface area contributed by atoms with Gasteiger partial charge in [0.05, 0.1) is 5.41 Å². The molecular weight excluding hydrogens is 190 g/mol. The number of hydrogen-bond donors (Lipinski definition) is 1. The zero-order chi connectivity index (χ0) is 10.9. The van der Waals surface area contributed by atoms with Crippen molar-refractivity contribution >= 4 is 5.97 Å². The fraction of sp³-hybridized carbons (Fsp3) is 0.917. The van der Waals surface area contributed by atoms with Crippen LogP contribution in [-0.2, 0) is 4.79 Å². The molecule has 0 bridgehead atoms. The van der Waals surface area contributed by atoms with E-state index in [-0.39, 0.29) is 0 Å². The van der Waals surface area contributed by atoms with Crippen LogP contribution in [0.1, 0.15) is 45.4 Å². The Hall–Kier alpha value is -0.570. The molecule has 15 heavy (non-hydrogen) atoms. The maximum atomic E-state index is 11.1. The van der Waals surface area contributed by atoms with E-state index in [0.717, 1.165) is 19.5 Å². The van der Waals surface area contributed by atoms with Crippen molar-refractivity contribution in [3.8, 4) is 0 Å². The van der Waals surface area contributed by atoms with Crippen molar-refractivity contribution in [1.29, 1.82) is 0 Å². The predicted molar refractivity (Wildman–Crippen MR) is 58.8 cm³/mol. The van der Waals surface area contributed by atoms with E-state index in [1.54, 1.807) is 0 Å². The van der Waals surface area contributed by atoms with Gasteiger partial charge in [-0.3, -0.25) is 9.69 Å². The molecule has 2 aliphatic rings. The molecular formula is C12H21NO2. The number of rotatable bonds is 2. The molecule has 86 valence electrons. The second-order valence-electron chi connectivity index (χ2n) is 5.38. The van der Waals surface area contributed by atoms with Gasteiger partial charge < -0.3 is 5.11 Å². The summed E-state index contributed by atoms with van der Waals surface area (Å²) in [6.07, 6.45) is 7.38. The molecule has 0 radical (unpaired) electrons. The monoisotopic (exact) mass is 211 g/mol. The molecule has 2 rings (SSSR count). The molecule has 1 N–H and O–H groups in total. The molecule has 1 aliphatic carbocycles. The van der Waals surface area contributed by atoms with Gasteiger partial charge in [0.2, 0.25) is 0 Å². The Morgan fingerprint density at radius 3 is 2.53 bits per heavy atom. The fourth-order valence-corrected chi connectivity index (χ4v) is 2.93. The largest absolute Gasteiger partial charge is 0.481 e. The van der Waals surface area contributed by atoms with Crippen LogP contribution in [0.5, 0.6) is 0 Å². The van der Waals surface area contributed by atoms with Crippen LogP contribution in [0, 0.1) is 5.41 Å². The first-order valence-corrected chi connectivity index (χ1v) is 6.09. The van der Waals surface area contributed by atoms with Crippen molar-refractivity contribution in [3.05, 3.63) is 0 Å². The molecule has 1 unspecified atom stereocenters. The number of likely N-dealkylation sites (tertiary alicyclic amines) is 1. The summed E-state index contributed by atoms with van der Waals surface area (Å²) in [6.45, 7) is 3.62. The normalized spacial score (nSPS) is 34.5. The Kier molecular flexibility index (Phi) is 3.01. The van der Waals surface area contributed by atoms with Crippen LogP contribution in [-0.4, -0.2) is 35.1 Å². The van der Waals surface area contributed by atoms with Crippen molar-refractivity contribution in [2.45, 2.75) is 51.5 Å². The average molecular weight is 211 g/mol. The van der Waals surface area contributed by atoms with Crippen molar-refractivity contribution in [3.63, 3.8) is 0 Å². The number of carbonyl (C=O) groups is 1. The Bertz CT molecular complexity index is 248. The summed E-state index contributed by atoms with van der Waals surface area (Å²) < 4.78 is 0. The third-order valence-corrected chi connectivity index (χ3v) is 4.11. The van der Waals surface area contributed by atoms with E-state index < -0.39 is 11.4 Å². The number of aliphatic carboxylic acids is 1. The van der Waals surface area contributed by atoms with Crippen LogP contribution >= 0.6 is 0 Å². The smallest absolute Gasteiger partial charge is 0.310 e. The van der Waals surface area contributed by atoms with Gasteiger partial charge >= 0.3 is 5.97 Å². The van der Waals surface area contributed by atoms with Crippen molar-refractivity contribution in [2.75, 3.05) is 13.1 Å². The minimum atomic E-state index is -0.624. The van der Waals surface area contributed by atoms with Gasteiger partial charge in [-0.25, -0.2) is 0 Å². The van der Waals surface area contributed by atoms with Crippen molar-refractivity contribution in [1.82, 2.24) is 4.90 Å². The molecule has 0 aromatic heterocycles. The molecule has 1 heterocycles. The van der Waals surface area contributed by atoms with Gasteiger partial charge in [0, 0.05) is 12.6 Å². The molecule has 0 aromatic rings. The van der Waals surface area contributed by atoms with Gasteiger partial charge in [-0.2, -0.15) is 0 Å². The standard InChI is InChI=1S/C12H21NO2/c1-12(11(14)15)7-8-13(9-12)10-5-3-2-4-6-10/h10H,2-9H2,1H3,(H,14,15). The Labute approximate surface area is 91.5 Å². The van der Waals surface area contributed by atoms with Crippen LogP contribution < -0.4 is 0 Å². The number of hydrogen-bond acceptors (Lipinski definition) is 2. The van der Waals surface area contributed by atoms with E-state index in [4.69, 9.17) is 5.11 Å². The first kappa shape index (κ1) is 10.9. The van der Waals surface area contributed by atoms with Gasteiger partial charge in [0.1, 0.15) is 0 Å². The second-order valence-corrected chi connectivity index (χ2v) is 5.38. The van der Waals surface area contributed by atoms with E-state index >= 15 is 0 Å². The Morgan fingerprint density at radius 2 is 2.00 bits per heavy atom. The van der Waals surface area contributed by atoms with E-state index in [9.17, 15) is 4.79 Å². The summed E-state index contributed by atoms with van der Waals surface area (Å²) in [7, 11) is 0. The van der Waals surface area contributed by atoms with Crippen molar-refractivity contribution < 1.29 is 9.90 Å². The van der Waals surface area contributed by atoms with Crippen molar-refractivity contribution in [2.24, 2.45) is 5.41 Å². The van der Waals surface area contributed by atoms with Gasteiger partial charge in [-0.05, 0) is 32.7 Å². The highest BCUT2D eigenvalue weighted by molar-refractivity contribution is 5.74. The van der Waals surface area contributed by atoms with Crippen LogP contribution in [0.3, 0.4) is 0 Å². The third-order valence-electron chi connectivity index (χ3n) is 4.11. The van der Waals surface area contributed by atoms with Crippen LogP contribution in [0.4, 0.5) is 0 Å². The maximum absolute atomic E-state index is 11.1. The molecule has 1 saturated carbocycles. The molecule has 0 amide bonds. The fourth-order valence-electron chi connectivity index (χ4n) is 2.93. The van der Waals surface area contributed by atoms with Gasteiger partial charge in [-0.1, -0.05) is 19.3 Å². The maximum Gasteiger partial charge on any atom is 0.310 e. The SMILES string of the molecule is CC1(C(=O)O)CCN(C2CCCCC2)C1. The highest BCUT2D eigenvalue weighted by Crippen LogP contribution is 2.34. The summed E-state index contributed by atoms with van der Waals surface area (Å²) in [5, 5.41) is 9.16. The lowest BCUT2D eigenvalue weighted by molar-refractivity contribution is -0.147. The zero-order valence-corrected chi connectivity index (χ0v) is 9.54. The second kappa shape index (κ2) is 4.12. The van der Waals surface area contributed by atoms with E-state index in [1.807, 2.05) is 6.92 Å². The molecule has 3 nitrogen and oxygen atoms in total. The van der Waals surface area contributed by atoms with E-state index in [0.29, 0.717) is 6.04 Å². The van der Waals surface area contributed by atoms with E-state index in [2.05, 4.69) is 4.90 Å². The minimum Gasteiger partial charge on any atom is -0.481 e. The van der Waals surface area contributed by atoms with E-state index in [1.165, 1.54) is 32.1 Å². The van der Waals surface area contributed by atoms with Gasteiger partial charge in [0.25, 0.3) is 0 Å². The summed E-state index contributed by atoms with van der Waals surface area (Å²) in [4.78, 5) is 13.5. The van der Waals surface area contributed by atoms with Crippen LogP contribution in [0.15, 0.2) is 0 Å². The lowest BCUT2D eigenvalue weighted by Crippen LogP contribution is -2.38. The number of carboxylic acid groups (broad SMARTS) is 1. The molecule has 1 saturated heterocycles. The lowest BCUT2D eigenvalue weighted by Gasteiger charge is -2.31. The number of nitrogens with zero attached hydrogens (tertiary/aromatic N) is 1. The zero-order valence-electron chi connectivity index (χ0n) is 9.54. The molecule has 0 spiro atoms. The third kappa shape index (κ3) is 2.17. The molecule has 2 fully saturated rings. The first-order chi connectivity index (χ1) is 7.12. The van der Waals surface area contributed by atoms with Gasteiger partial charge in [-0.15, -0.1) is 0 Å². The predicted octanol–water partition coefficient (Wildman–Crippen LogP) is 2.12. The topological polar surface area (TPSA) is 40.5 Å². The molecule has 3 heteroatoms. The minimum absolute atomic E-state index is 0.489. The number of carboxylic acids is 1. The summed E-state index contributed by atoms with van der Waals surface area (Å²) >= 11 is 0. The summed E-state index contributed by atoms with van der Waals surface area (Å²) in [5.41, 5.74) is -0.489.